The van der Waals surface area contributed by atoms with Crippen molar-refractivity contribution in [2.45, 2.75) is 33.0 Å². The van der Waals surface area contributed by atoms with E-state index in [0.29, 0.717) is 10.8 Å². The van der Waals surface area contributed by atoms with E-state index in [1.165, 1.54) is 0 Å². The molecule has 2 aromatic carbocycles. The first-order valence-corrected chi connectivity index (χ1v) is 7.82. The van der Waals surface area contributed by atoms with Crippen molar-refractivity contribution >= 4 is 12.1 Å². The second-order valence-corrected chi connectivity index (χ2v) is 6.24. The number of carbonyl (C=O) groups is 2. The third-order valence-electron chi connectivity index (χ3n) is 2.92. The number of hydrogen-bond acceptors (Lipinski definition) is 5. The molecule has 0 aliphatic rings. The van der Waals surface area contributed by atoms with Gasteiger partial charge in [-0.25, -0.2) is 9.63 Å². The van der Waals surface area contributed by atoms with Crippen molar-refractivity contribution in [3.8, 4) is 0 Å². The summed E-state index contributed by atoms with van der Waals surface area (Å²) in [5.41, 5.74) is 0.387. The third kappa shape index (κ3) is 6.27. The molecule has 0 saturated carbocycles. The van der Waals surface area contributed by atoms with Crippen LogP contribution >= 0.6 is 0 Å². The Balaban J connectivity index is 2.10. The average molecular weight is 343 g/mol. The van der Waals surface area contributed by atoms with Gasteiger partial charge in [0.05, 0.1) is 0 Å². The minimum absolute atomic E-state index is 0.0577. The van der Waals surface area contributed by atoms with Crippen molar-refractivity contribution in [1.29, 1.82) is 0 Å². The summed E-state index contributed by atoms with van der Waals surface area (Å²) in [4.78, 5) is 34.8. The van der Waals surface area contributed by atoms with Crippen LogP contribution in [0.4, 0.5) is 4.79 Å². The highest BCUT2D eigenvalue weighted by atomic mass is 17.0. The van der Waals surface area contributed by atoms with E-state index in [-0.39, 0.29) is 6.61 Å². The van der Waals surface area contributed by atoms with E-state index < -0.39 is 17.7 Å². The zero-order valence-corrected chi connectivity index (χ0v) is 14.5. The molecule has 6 heteroatoms. The molecule has 0 spiro atoms. The van der Waals surface area contributed by atoms with Crippen molar-refractivity contribution < 1.29 is 24.0 Å². The van der Waals surface area contributed by atoms with Crippen LogP contribution in [0, 0.1) is 0 Å². The lowest BCUT2D eigenvalue weighted by Gasteiger charge is -2.23. The number of ether oxygens (including phenoxy) is 1. The molecule has 0 saturated heterocycles. The Labute approximate surface area is 146 Å². The lowest BCUT2D eigenvalue weighted by atomic mass is 10.2. The first-order valence-electron chi connectivity index (χ1n) is 7.82. The molecule has 6 nitrogen and oxygen atoms in total. The molecule has 0 atom stereocenters. The minimum atomic E-state index is -1.02. The lowest BCUT2D eigenvalue weighted by molar-refractivity contribution is -0.310. The molecule has 0 aliphatic heterocycles. The molecular formula is C19H21NO5. The van der Waals surface area contributed by atoms with Gasteiger partial charge in [0.2, 0.25) is 0 Å². The maximum atomic E-state index is 12.5. The van der Waals surface area contributed by atoms with E-state index >= 15 is 0 Å². The number of hydrogen-bond donors (Lipinski definition) is 0. The summed E-state index contributed by atoms with van der Waals surface area (Å²) in [5, 5.41) is 0.552. The largest absolute Gasteiger partial charge is 0.536 e. The van der Waals surface area contributed by atoms with E-state index in [0.717, 1.165) is 5.56 Å². The zero-order valence-electron chi connectivity index (χ0n) is 14.5. The van der Waals surface area contributed by atoms with E-state index in [1.807, 2.05) is 30.3 Å². The molecule has 0 radical (unpaired) electrons. The second-order valence-electron chi connectivity index (χ2n) is 6.24. The number of rotatable bonds is 4. The highest BCUT2D eigenvalue weighted by molar-refractivity contribution is 5.93. The highest BCUT2D eigenvalue weighted by Crippen LogP contribution is 2.13. The molecule has 2 aromatic rings. The summed E-state index contributed by atoms with van der Waals surface area (Å²) < 4.78 is 5.07. The van der Waals surface area contributed by atoms with Crippen LogP contribution in [0.2, 0.25) is 0 Å². The quantitative estimate of drug-likeness (QED) is 0.617. The fraction of sp³-hybridized carbons (Fsp3) is 0.263. The number of benzene rings is 2. The SMILES string of the molecule is CC(C)(C)OC(=O)ON(OCc1ccccc1)C(=O)c1ccccc1. The Morgan fingerprint density at radius 3 is 2.04 bits per heavy atom. The van der Waals surface area contributed by atoms with Crippen molar-refractivity contribution in [2.75, 3.05) is 0 Å². The number of amides is 1. The minimum Gasteiger partial charge on any atom is -0.427 e. The monoisotopic (exact) mass is 343 g/mol. The van der Waals surface area contributed by atoms with E-state index in [1.54, 1.807) is 51.1 Å². The molecule has 25 heavy (non-hydrogen) atoms. The normalized spacial score (nSPS) is 10.8. The van der Waals surface area contributed by atoms with Crippen LogP contribution in [-0.4, -0.2) is 22.9 Å². The van der Waals surface area contributed by atoms with Crippen molar-refractivity contribution in [3.63, 3.8) is 0 Å². The smallest absolute Gasteiger partial charge is 0.427 e. The summed E-state index contributed by atoms with van der Waals surface area (Å²) >= 11 is 0. The predicted octanol–water partition coefficient (Wildman–Crippen LogP) is 4.13. The molecule has 2 rings (SSSR count). The predicted molar refractivity (Wildman–Crippen MR) is 91.2 cm³/mol. The summed E-state index contributed by atoms with van der Waals surface area (Å²) in [6.07, 6.45) is -1.02. The first kappa shape index (κ1) is 18.5. The van der Waals surface area contributed by atoms with Gasteiger partial charge in [-0.2, -0.15) is 0 Å². The Morgan fingerprint density at radius 2 is 1.48 bits per heavy atom. The van der Waals surface area contributed by atoms with Crippen LogP contribution in [0.1, 0.15) is 36.7 Å². The molecule has 0 fully saturated rings. The number of nitrogens with zero attached hydrogens (tertiary/aromatic N) is 1. The van der Waals surface area contributed by atoms with Crippen molar-refractivity contribution in [3.05, 3.63) is 71.8 Å². The molecule has 0 aliphatic carbocycles. The molecule has 132 valence electrons. The van der Waals surface area contributed by atoms with Gasteiger partial charge in [0.15, 0.2) is 0 Å². The maximum absolute atomic E-state index is 12.5. The second kappa shape index (κ2) is 8.30. The van der Waals surface area contributed by atoms with E-state index in [9.17, 15) is 9.59 Å². The van der Waals surface area contributed by atoms with Gasteiger partial charge in [0, 0.05) is 5.56 Å². The molecule has 1 amide bonds. The fourth-order valence-electron chi connectivity index (χ4n) is 1.86. The van der Waals surface area contributed by atoms with Gasteiger partial charge in [0.1, 0.15) is 12.2 Å². The third-order valence-corrected chi connectivity index (χ3v) is 2.92. The van der Waals surface area contributed by atoms with Gasteiger partial charge in [-0.3, -0.25) is 9.63 Å². The molecule has 0 heterocycles. The molecule has 0 N–H and O–H groups in total. The van der Waals surface area contributed by atoms with Crippen molar-refractivity contribution in [1.82, 2.24) is 5.23 Å². The van der Waals surface area contributed by atoms with Crippen LogP contribution < -0.4 is 0 Å². The maximum Gasteiger partial charge on any atom is 0.536 e. The van der Waals surface area contributed by atoms with Gasteiger partial charge >= 0.3 is 12.1 Å². The first-order chi connectivity index (χ1) is 11.8. The molecular weight excluding hydrogens is 322 g/mol. The number of carbonyl (C=O) groups excluding carboxylic acids is 2. The zero-order chi connectivity index (χ0) is 18.3. The summed E-state index contributed by atoms with van der Waals surface area (Å²) in [6, 6.07) is 17.6. The topological polar surface area (TPSA) is 65.1 Å². The van der Waals surface area contributed by atoms with Gasteiger partial charge in [-0.05, 0) is 43.7 Å². The summed E-state index contributed by atoms with van der Waals surface area (Å²) in [5.74, 6) is -0.609. The fourth-order valence-corrected chi connectivity index (χ4v) is 1.86. The van der Waals surface area contributed by atoms with Crippen LogP contribution in [0.5, 0.6) is 0 Å². The Hall–Kier alpha value is -2.86. The summed E-state index contributed by atoms with van der Waals surface area (Å²) in [6.45, 7) is 5.15. The van der Waals surface area contributed by atoms with Gasteiger partial charge < -0.3 is 4.74 Å². The van der Waals surface area contributed by atoms with Gasteiger partial charge in [-0.1, -0.05) is 48.5 Å². The van der Waals surface area contributed by atoms with Crippen molar-refractivity contribution in [2.24, 2.45) is 0 Å². The van der Waals surface area contributed by atoms with Crippen LogP contribution in [0.25, 0.3) is 0 Å². The lowest BCUT2D eigenvalue weighted by Crippen LogP contribution is -2.36. The van der Waals surface area contributed by atoms with Crippen LogP contribution in [0.3, 0.4) is 0 Å². The molecule has 0 bridgehead atoms. The van der Waals surface area contributed by atoms with Crippen LogP contribution in [0.15, 0.2) is 60.7 Å². The Bertz CT molecular complexity index is 695. The average Bonchev–Trinajstić information content (AvgIpc) is 2.58. The Morgan fingerprint density at radius 1 is 0.920 bits per heavy atom. The standard InChI is InChI=1S/C19H21NO5/c1-19(2,3)24-18(22)25-20(17(21)16-12-8-5-9-13-16)23-14-15-10-6-4-7-11-15/h4-13H,14H2,1-3H3. The Kier molecular flexibility index (Phi) is 6.14. The summed E-state index contributed by atoms with van der Waals surface area (Å²) in [7, 11) is 0. The van der Waals surface area contributed by atoms with Gasteiger partial charge in [-0.15, -0.1) is 0 Å². The number of hydroxylamine groups is 2. The molecule has 0 unspecified atom stereocenters. The van der Waals surface area contributed by atoms with Gasteiger partial charge in [0.25, 0.3) is 0 Å². The molecule has 0 aromatic heterocycles. The highest BCUT2D eigenvalue weighted by Gasteiger charge is 2.26. The van der Waals surface area contributed by atoms with Crippen LogP contribution in [-0.2, 0) is 21.0 Å². The van der Waals surface area contributed by atoms with E-state index in [4.69, 9.17) is 14.4 Å². The van der Waals surface area contributed by atoms with E-state index in [2.05, 4.69) is 0 Å².